The van der Waals surface area contributed by atoms with E-state index in [1.807, 2.05) is 0 Å². The van der Waals surface area contributed by atoms with E-state index in [0.29, 0.717) is 17.7 Å². The number of aldehydes is 1. The fourth-order valence-electron chi connectivity index (χ4n) is 1.01. The average molecular weight is 216 g/mol. The molecule has 0 saturated heterocycles. The molecule has 0 atom stereocenters. The van der Waals surface area contributed by atoms with Crippen molar-refractivity contribution in [3.63, 3.8) is 0 Å². The molecule has 1 rings (SSSR count). The highest BCUT2D eigenvalue weighted by atomic mass is 16.5. The highest BCUT2D eigenvalue weighted by Crippen LogP contribution is 2.14. The summed E-state index contributed by atoms with van der Waals surface area (Å²) in [5.41, 5.74) is 6.24. The lowest BCUT2D eigenvalue weighted by atomic mass is 10.2. The molecule has 0 saturated carbocycles. The number of nitrogens with one attached hydrogen (secondary N) is 1. The van der Waals surface area contributed by atoms with Crippen LogP contribution in [0.25, 0.3) is 0 Å². The van der Waals surface area contributed by atoms with Crippen LogP contribution in [0.3, 0.4) is 0 Å². The quantitative estimate of drug-likeness (QED) is 0.202. The maximum atomic E-state index is 10.6. The molecule has 0 heterocycles. The Balaban J connectivity index is 2.78. The molecule has 0 aliphatic carbocycles. The lowest BCUT2D eigenvalue weighted by Crippen LogP contribution is -2.11. The molecular weight excluding hydrogens is 204 g/mol. The van der Waals surface area contributed by atoms with Crippen LogP contribution in [0, 0.1) is 5.41 Å². The first-order valence-electron chi connectivity index (χ1n) is 4.57. The van der Waals surface area contributed by atoms with E-state index in [1.54, 1.807) is 24.3 Å². The molecule has 0 spiro atoms. The summed E-state index contributed by atoms with van der Waals surface area (Å²) in [5, 5.41) is 7.54. The number of ether oxygens (including phenoxy) is 1. The molecule has 16 heavy (non-hydrogen) atoms. The lowest BCUT2D eigenvalue weighted by Gasteiger charge is -2.06. The molecule has 0 aromatic heterocycles. The second-order valence-corrected chi connectivity index (χ2v) is 2.98. The highest BCUT2D eigenvalue weighted by molar-refractivity contribution is 6.10. The van der Waals surface area contributed by atoms with Gasteiger partial charge in [0.25, 0.3) is 0 Å². The van der Waals surface area contributed by atoms with Gasteiger partial charge in [-0.1, -0.05) is 12.7 Å². The summed E-state index contributed by atoms with van der Waals surface area (Å²) in [6.07, 6.45) is 3.37. The summed E-state index contributed by atoms with van der Waals surface area (Å²) in [5.74, 6) is 0.232. The second-order valence-electron chi connectivity index (χ2n) is 2.98. The largest absolute Gasteiger partial charge is 0.439 e. The monoisotopic (exact) mass is 216 g/mol. The van der Waals surface area contributed by atoms with E-state index in [1.165, 1.54) is 12.2 Å². The minimum atomic E-state index is -0.223. The molecule has 0 bridgehead atoms. The smallest absolute Gasteiger partial charge is 0.222 e. The van der Waals surface area contributed by atoms with Crippen LogP contribution in [-0.2, 0) is 4.79 Å². The number of benzene rings is 1. The second kappa shape index (κ2) is 5.50. The average Bonchev–Trinajstić information content (AvgIpc) is 2.29. The molecule has 0 fully saturated rings. The van der Waals surface area contributed by atoms with Gasteiger partial charge in [-0.25, -0.2) is 0 Å². The van der Waals surface area contributed by atoms with Crippen molar-refractivity contribution in [3.8, 4) is 5.75 Å². The van der Waals surface area contributed by atoms with Gasteiger partial charge in [-0.2, -0.15) is 0 Å². The van der Waals surface area contributed by atoms with Crippen molar-refractivity contribution < 1.29 is 9.53 Å². The number of hydrogen-bond donors (Lipinski definition) is 2. The van der Waals surface area contributed by atoms with Crippen LogP contribution in [0.15, 0.2) is 48.6 Å². The lowest BCUT2D eigenvalue weighted by molar-refractivity contribution is -0.104. The van der Waals surface area contributed by atoms with E-state index in [-0.39, 0.29) is 11.5 Å². The van der Waals surface area contributed by atoms with Crippen LogP contribution in [0.1, 0.15) is 0 Å². The summed E-state index contributed by atoms with van der Waals surface area (Å²) >= 11 is 0. The van der Waals surface area contributed by atoms with Crippen molar-refractivity contribution in [2.45, 2.75) is 0 Å². The van der Waals surface area contributed by atoms with Gasteiger partial charge in [0.05, 0.1) is 5.57 Å². The first kappa shape index (κ1) is 11.7. The molecule has 1 aromatic rings. The highest BCUT2D eigenvalue weighted by Gasteiger charge is 2.05. The molecule has 4 nitrogen and oxygen atoms in total. The van der Waals surface area contributed by atoms with Crippen LogP contribution < -0.4 is 10.5 Å². The molecule has 4 heteroatoms. The number of anilines is 1. The fraction of sp³-hybridized carbons (Fsp3) is 0. The Hall–Kier alpha value is -2.36. The zero-order valence-electron chi connectivity index (χ0n) is 8.64. The van der Waals surface area contributed by atoms with E-state index >= 15 is 0 Å². The Morgan fingerprint density at radius 3 is 2.50 bits per heavy atom. The van der Waals surface area contributed by atoms with E-state index < -0.39 is 0 Å². The molecule has 0 unspecified atom stereocenters. The zero-order valence-corrected chi connectivity index (χ0v) is 8.64. The van der Waals surface area contributed by atoms with Gasteiger partial charge >= 0.3 is 0 Å². The molecule has 3 N–H and O–H groups in total. The van der Waals surface area contributed by atoms with Gasteiger partial charge < -0.3 is 10.5 Å². The van der Waals surface area contributed by atoms with E-state index in [9.17, 15) is 4.79 Å². The van der Waals surface area contributed by atoms with E-state index in [0.717, 1.165) is 0 Å². The Bertz CT molecular complexity index is 433. The van der Waals surface area contributed by atoms with Crippen LogP contribution in [0.4, 0.5) is 5.69 Å². The van der Waals surface area contributed by atoms with Crippen LogP contribution in [-0.4, -0.2) is 12.2 Å². The van der Waals surface area contributed by atoms with Gasteiger partial charge in [0.1, 0.15) is 5.75 Å². The Morgan fingerprint density at radius 1 is 1.38 bits per heavy atom. The summed E-state index contributed by atoms with van der Waals surface area (Å²) in [4.78, 5) is 10.6. The number of nitrogen functional groups attached to an aromatic ring is 1. The standard InChI is InChI=1S/C12H12N2O2/c1-2-3-9(8-15)12(14)16-11-6-4-10(13)5-7-11/h2-8,14H,1,13H2/b9-3-,14-12?. The molecule has 1 aromatic carbocycles. The van der Waals surface area contributed by atoms with Crippen molar-refractivity contribution in [2.75, 3.05) is 5.73 Å². The minimum Gasteiger partial charge on any atom is -0.439 e. The van der Waals surface area contributed by atoms with Crippen molar-refractivity contribution in [3.05, 3.63) is 48.6 Å². The van der Waals surface area contributed by atoms with Crippen LogP contribution in [0.2, 0.25) is 0 Å². The number of rotatable bonds is 4. The predicted octanol–water partition coefficient (Wildman–Crippen LogP) is 1.94. The summed E-state index contributed by atoms with van der Waals surface area (Å²) < 4.78 is 5.16. The molecule has 0 amide bonds. The molecule has 0 aliphatic heterocycles. The van der Waals surface area contributed by atoms with Crippen molar-refractivity contribution in [1.29, 1.82) is 5.41 Å². The van der Waals surface area contributed by atoms with Crippen molar-refractivity contribution in [2.24, 2.45) is 0 Å². The third-order valence-electron chi connectivity index (χ3n) is 1.79. The third kappa shape index (κ3) is 3.09. The summed E-state index contributed by atoms with van der Waals surface area (Å²) in [6.45, 7) is 3.45. The summed E-state index contributed by atoms with van der Waals surface area (Å²) in [7, 11) is 0. The van der Waals surface area contributed by atoms with E-state index in [2.05, 4.69) is 6.58 Å². The van der Waals surface area contributed by atoms with Gasteiger partial charge in [-0.05, 0) is 30.3 Å². The minimum absolute atomic E-state index is 0.131. The number of carbonyl (C=O) groups is 1. The zero-order chi connectivity index (χ0) is 12.0. The normalized spacial score (nSPS) is 10.6. The maximum absolute atomic E-state index is 10.6. The number of hydrogen-bond acceptors (Lipinski definition) is 4. The third-order valence-corrected chi connectivity index (χ3v) is 1.79. The first-order valence-corrected chi connectivity index (χ1v) is 4.57. The van der Waals surface area contributed by atoms with Crippen molar-refractivity contribution >= 4 is 17.9 Å². The number of nitrogens with two attached hydrogens (primary N) is 1. The Morgan fingerprint density at radius 2 is 2.00 bits per heavy atom. The van der Waals surface area contributed by atoms with Gasteiger partial charge in [-0.3, -0.25) is 10.2 Å². The predicted molar refractivity (Wildman–Crippen MR) is 63.6 cm³/mol. The Kier molecular flexibility index (Phi) is 4.03. The van der Waals surface area contributed by atoms with Gasteiger partial charge in [0.15, 0.2) is 6.29 Å². The maximum Gasteiger partial charge on any atom is 0.222 e. The first-order chi connectivity index (χ1) is 7.67. The number of carbonyl (C=O) groups excluding carboxylic acids is 1. The van der Waals surface area contributed by atoms with Crippen LogP contribution >= 0.6 is 0 Å². The van der Waals surface area contributed by atoms with E-state index in [4.69, 9.17) is 15.9 Å². The number of allylic oxidation sites excluding steroid dienone is 2. The van der Waals surface area contributed by atoms with Gasteiger partial charge in [0, 0.05) is 5.69 Å². The molecular formula is C12H12N2O2. The van der Waals surface area contributed by atoms with Crippen molar-refractivity contribution in [1.82, 2.24) is 0 Å². The fourth-order valence-corrected chi connectivity index (χ4v) is 1.01. The molecule has 0 aliphatic rings. The topological polar surface area (TPSA) is 76.2 Å². The van der Waals surface area contributed by atoms with Crippen LogP contribution in [0.5, 0.6) is 5.75 Å². The summed E-state index contributed by atoms with van der Waals surface area (Å²) in [6, 6.07) is 6.56. The van der Waals surface area contributed by atoms with Gasteiger partial charge in [-0.15, -0.1) is 0 Å². The van der Waals surface area contributed by atoms with Gasteiger partial charge in [0.2, 0.25) is 5.90 Å². The molecule has 82 valence electrons. The molecule has 0 radical (unpaired) electrons. The Labute approximate surface area is 93.5 Å². The SMILES string of the molecule is C=C/C=C(/C=O)C(=N)Oc1ccc(N)cc1.